The van der Waals surface area contributed by atoms with Gasteiger partial charge in [0.05, 0.1) is 17.1 Å². The highest BCUT2D eigenvalue weighted by Gasteiger charge is 2.29. The summed E-state index contributed by atoms with van der Waals surface area (Å²) in [6.07, 6.45) is 1.60. The summed E-state index contributed by atoms with van der Waals surface area (Å²) in [5, 5.41) is 6.94. The van der Waals surface area contributed by atoms with Gasteiger partial charge in [-0.15, -0.1) is 11.6 Å². The molecule has 0 amide bonds. The van der Waals surface area contributed by atoms with Crippen molar-refractivity contribution in [3.8, 4) is 0 Å². The lowest BCUT2D eigenvalue weighted by Gasteiger charge is -2.17. The molecule has 19 heavy (non-hydrogen) atoms. The standard InChI is InChI=1S/C14H14ClN3O/c1-7-5-9(16)3-4-10(7)18-11-6-8(2)14(19)12(15)13(11)17/h3-6,12,17H,16H2,1-2H3. The summed E-state index contributed by atoms with van der Waals surface area (Å²) >= 11 is 5.92. The summed E-state index contributed by atoms with van der Waals surface area (Å²) in [6.45, 7) is 3.57. The van der Waals surface area contributed by atoms with Crippen molar-refractivity contribution in [1.82, 2.24) is 0 Å². The zero-order chi connectivity index (χ0) is 14.2. The number of ketones is 1. The van der Waals surface area contributed by atoms with Crippen molar-refractivity contribution in [2.24, 2.45) is 4.99 Å². The van der Waals surface area contributed by atoms with Gasteiger partial charge in [0.25, 0.3) is 0 Å². The number of nitrogens with one attached hydrogen (secondary N) is 1. The van der Waals surface area contributed by atoms with E-state index in [0.717, 1.165) is 11.3 Å². The number of allylic oxidation sites excluding steroid dienone is 2. The number of carbonyl (C=O) groups is 1. The predicted octanol–water partition coefficient (Wildman–Crippen LogP) is 2.81. The van der Waals surface area contributed by atoms with Crippen LogP contribution in [0.4, 0.5) is 11.4 Å². The molecule has 98 valence electrons. The van der Waals surface area contributed by atoms with Gasteiger partial charge in [-0.1, -0.05) is 0 Å². The maximum absolute atomic E-state index is 11.6. The van der Waals surface area contributed by atoms with Crippen LogP contribution >= 0.6 is 11.6 Å². The van der Waals surface area contributed by atoms with Gasteiger partial charge in [0.15, 0.2) is 5.78 Å². The lowest BCUT2D eigenvalue weighted by atomic mass is 9.95. The Bertz CT molecular complexity index is 632. The van der Waals surface area contributed by atoms with Crippen molar-refractivity contribution >= 4 is 40.2 Å². The Labute approximate surface area is 116 Å². The van der Waals surface area contributed by atoms with Crippen LogP contribution in [0.25, 0.3) is 0 Å². The fourth-order valence-electron chi connectivity index (χ4n) is 1.84. The van der Waals surface area contributed by atoms with E-state index < -0.39 is 5.38 Å². The molecular formula is C14H14ClN3O. The summed E-state index contributed by atoms with van der Waals surface area (Å²) in [7, 11) is 0. The van der Waals surface area contributed by atoms with Crippen LogP contribution in [0.15, 0.2) is 34.8 Å². The van der Waals surface area contributed by atoms with Gasteiger partial charge in [0.1, 0.15) is 5.38 Å². The van der Waals surface area contributed by atoms with Gasteiger partial charge in [-0.3, -0.25) is 4.79 Å². The number of carbonyl (C=O) groups excluding carboxylic acids is 1. The molecule has 1 unspecified atom stereocenters. The number of aryl methyl sites for hydroxylation is 1. The van der Waals surface area contributed by atoms with Gasteiger partial charge in [-0.25, -0.2) is 4.99 Å². The number of hydrogen-bond acceptors (Lipinski definition) is 4. The largest absolute Gasteiger partial charge is 0.399 e. The summed E-state index contributed by atoms with van der Waals surface area (Å²) in [4.78, 5) is 16.0. The number of benzene rings is 1. The molecule has 0 heterocycles. The molecule has 4 nitrogen and oxygen atoms in total. The van der Waals surface area contributed by atoms with Crippen LogP contribution in [-0.2, 0) is 4.79 Å². The fraction of sp³-hybridized carbons (Fsp3) is 0.214. The summed E-state index contributed by atoms with van der Waals surface area (Å²) in [6, 6.07) is 5.35. The molecule has 0 bridgehead atoms. The van der Waals surface area contributed by atoms with Crippen LogP contribution in [0, 0.1) is 12.3 Å². The molecule has 2 rings (SSSR count). The number of Topliss-reactive ketones (excluding diaryl/α,β-unsaturated/α-hetero) is 1. The lowest BCUT2D eigenvalue weighted by molar-refractivity contribution is -0.114. The van der Waals surface area contributed by atoms with Crippen LogP contribution in [0.2, 0.25) is 0 Å². The van der Waals surface area contributed by atoms with Gasteiger partial charge in [0, 0.05) is 5.69 Å². The molecule has 1 aliphatic rings. The number of anilines is 1. The Hall–Kier alpha value is -1.94. The van der Waals surface area contributed by atoms with Gasteiger partial charge < -0.3 is 11.1 Å². The maximum atomic E-state index is 11.6. The molecule has 3 N–H and O–H groups in total. The molecule has 1 atom stereocenters. The number of nitrogen functional groups attached to an aromatic ring is 1. The van der Waals surface area contributed by atoms with Crippen molar-refractivity contribution in [1.29, 1.82) is 5.41 Å². The van der Waals surface area contributed by atoms with Crippen LogP contribution in [0.3, 0.4) is 0 Å². The first-order chi connectivity index (χ1) is 8.90. The SMILES string of the molecule is CC1=CC(=Nc2ccc(N)cc2C)C(=N)C(Cl)C1=O. The molecule has 0 saturated heterocycles. The molecule has 0 fully saturated rings. The number of halogens is 1. The number of nitrogens with zero attached hydrogens (tertiary/aromatic N) is 1. The summed E-state index contributed by atoms with van der Waals surface area (Å²) < 4.78 is 0. The number of nitrogens with two attached hydrogens (primary N) is 1. The van der Waals surface area contributed by atoms with E-state index >= 15 is 0 Å². The monoisotopic (exact) mass is 275 g/mol. The predicted molar refractivity (Wildman–Crippen MR) is 78.8 cm³/mol. The van der Waals surface area contributed by atoms with Crippen molar-refractivity contribution < 1.29 is 4.79 Å². The minimum absolute atomic E-state index is 0.0356. The van der Waals surface area contributed by atoms with Crippen LogP contribution in [0.5, 0.6) is 0 Å². The molecule has 0 spiro atoms. The van der Waals surface area contributed by atoms with E-state index in [0.29, 0.717) is 17.0 Å². The zero-order valence-corrected chi connectivity index (χ0v) is 11.5. The third kappa shape index (κ3) is 2.58. The fourth-order valence-corrected chi connectivity index (χ4v) is 2.13. The number of rotatable bonds is 1. The summed E-state index contributed by atoms with van der Waals surface area (Å²) in [5.41, 5.74) is 8.95. The lowest BCUT2D eigenvalue weighted by Crippen LogP contribution is -2.34. The molecule has 0 radical (unpaired) electrons. The molecule has 1 aromatic rings. The van der Waals surface area contributed by atoms with E-state index in [1.54, 1.807) is 25.1 Å². The van der Waals surface area contributed by atoms with Crippen molar-refractivity contribution in [3.05, 3.63) is 35.4 Å². The highest BCUT2D eigenvalue weighted by atomic mass is 35.5. The highest BCUT2D eigenvalue weighted by Crippen LogP contribution is 2.23. The minimum atomic E-state index is -0.946. The Morgan fingerprint density at radius 2 is 2.05 bits per heavy atom. The maximum Gasteiger partial charge on any atom is 0.182 e. The number of hydrogen-bond donors (Lipinski definition) is 2. The van der Waals surface area contributed by atoms with E-state index in [4.69, 9.17) is 22.7 Å². The average molecular weight is 276 g/mol. The van der Waals surface area contributed by atoms with Gasteiger partial charge in [-0.05, 0) is 49.3 Å². The highest BCUT2D eigenvalue weighted by molar-refractivity contribution is 6.63. The van der Waals surface area contributed by atoms with E-state index in [1.165, 1.54) is 0 Å². The Morgan fingerprint density at radius 3 is 2.68 bits per heavy atom. The molecule has 1 aliphatic carbocycles. The van der Waals surface area contributed by atoms with Crippen molar-refractivity contribution in [2.75, 3.05) is 5.73 Å². The first kappa shape index (κ1) is 13.5. The van der Waals surface area contributed by atoms with E-state index in [-0.39, 0.29) is 11.5 Å². The molecule has 1 aromatic carbocycles. The van der Waals surface area contributed by atoms with Crippen LogP contribution < -0.4 is 5.73 Å². The molecular weight excluding hydrogens is 262 g/mol. The second-order valence-corrected chi connectivity index (χ2v) is 4.95. The van der Waals surface area contributed by atoms with Gasteiger partial charge >= 0.3 is 0 Å². The van der Waals surface area contributed by atoms with Crippen molar-refractivity contribution in [2.45, 2.75) is 19.2 Å². The molecule has 5 heteroatoms. The van der Waals surface area contributed by atoms with E-state index in [2.05, 4.69) is 4.99 Å². The Balaban J connectivity index is 2.48. The van der Waals surface area contributed by atoms with Crippen molar-refractivity contribution in [3.63, 3.8) is 0 Å². The quantitative estimate of drug-likeness (QED) is 0.610. The average Bonchev–Trinajstić information content (AvgIpc) is 2.36. The van der Waals surface area contributed by atoms with Crippen LogP contribution in [-0.4, -0.2) is 22.6 Å². The first-order valence-corrected chi connectivity index (χ1v) is 6.24. The van der Waals surface area contributed by atoms with Crippen LogP contribution in [0.1, 0.15) is 12.5 Å². The molecule has 0 aromatic heterocycles. The minimum Gasteiger partial charge on any atom is -0.399 e. The summed E-state index contributed by atoms with van der Waals surface area (Å²) in [5.74, 6) is -0.236. The second-order valence-electron chi connectivity index (χ2n) is 4.51. The molecule has 0 aliphatic heterocycles. The second kappa shape index (κ2) is 4.97. The van der Waals surface area contributed by atoms with Gasteiger partial charge in [-0.2, -0.15) is 0 Å². The number of aliphatic imine (C=N–C) groups is 1. The number of alkyl halides is 1. The van der Waals surface area contributed by atoms with Gasteiger partial charge in [0.2, 0.25) is 0 Å². The smallest absolute Gasteiger partial charge is 0.182 e. The third-order valence-corrected chi connectivity index (χ3v) is 3.38. The third-order valence-electron chi connectivity index (χ3n) is 2.96. The zero-order valence-electron chi connectivity index (χ0n) is 10.7. The Morgan fingerprint density at radius 1 is 1.37 bits per heavy atom. The van der Waals surface area contributed by atoms with E-state index in [9.17, 15) is 4.79 Å². The van der Waals surface area contributed by atoms with E-state index in [1.807, 2.05) is 13.0 Å². The first-order valence-electron chi connectivity index (χ1n) is 5.80. The molecule has 0 saturated carbocycles. The topological polar surface area (TPSA) is 79.3 Å². The normalized spacial score (nSPS) is 21.7. The Kier molecular flexibility index (Phi) is 3.53.